The molecule has 3 N–H and O–H groups in total. The highest BCUT2D eigenvalue weighted by atomic mass is 79.9. The van der Waals surface area contributed by atoms with Crippen molar-refractivity contribution >= 4 is 15.9 Å². The van der Waals surface area contributed by atoms with Crippen LogP contribution in [0, 0.1) is 5.95 Å². The SMILES string of the molecule is NNCc1cc(Br)cnc1F. The van der Waals surface area contributed by atoms with Crippen molar-refractivity contribution in [3.63, 3.8) is 0 Å². The molecule has 0 atom stereocenters. The molecular formula is C6H7BrFN3. The molecule has 1 aromatic heterocycles. The number of nitrogens with zero attached hydrogens (tertiary/aromatic N) is 1. The van der Waals surface area contributed by atoms with Gasteiger partial charge in [0.1, 0.15) is 0 Å². The number of nitrogens with one attached hydrogen (secondary N) is 1. The molecule has 0 aromatic carbocycles. The van der Waals surface area contributed by atoms with Gasteiger partial charge in [0.25, 0.3) is 0 Å². The predicted octanol–water partition coefficient (Wildman–Crippen LogP) is 0.946. The summed E-state index contributed by atoms with van der Waals surface area (Å²) in [6.45, 7) is 0.276. The Bertz CT molecular complexity index is 254. The van der Waals surface area contributed by atoms with Crippen LogP contribution >= 0.6 is 15.9 Å². The number of hydrazine groups is 1. The Morgan fingerprint density at radius 3 is 3.09 bits per heavy atom. The minimum atomic E-state index is -0.494. The maximum absolute atomic E-state index is 12.7. The summed E-state index contributed by atoms with van der Waals surface area (Å²) in [7, 11) is 0. The summed E-state index contributed by atoms with van der Waals surface area (Å²) in [4.78, 5) is 3.49. The van der Waals surface area contributed by atoms with Gasteiger partial charge in [-0.15, -0.1) is 0 Å². The lowest BCUT2D eigenvalue weighted by atomic mass is 10.3. The summed E-state index contributed by atoms with van der Waals surface area (Å²) in [5, 5.41) is 0. The van der Waals surface area contributed by atoms with Crippen LogP contribution in [0.4, 0.5) is 4.39 Å². The molecular weight excluding hydrogens is 213 g/mol. The maximum atomic E-state index is 12.7. The molecule has 1 aromatic rings. The first kappa shape index (κ1) is 8.58. The minimum absolute atomic E-state index is 0.276. The fraction of sp³-hybridized carbons (Fsp3) is 0.167. The fourth-order valence-corrected chi connectivity index (χ4v) is 1.08. The highest BCUT2D eigenvalue weighted by molar-refractivity contribution is 9.10. The molecule has 1 heterocycles. The van der Waals surface area contributed by atoms with E-state index in [2.05, 4.69) is 26.3 Å². The first-order valence-corrected chi connectivity index (χ1v) is 3.76. The van der Waals surface area contributed by atoms with Crippen LogP contribution in [0.1, 0.15) is 5.56 Å². The summed E-state index contributed by atoms with van der Waals surface area (Å²) in [6, 6.07) is 1.63. The van der Waals surface area contributed by atoms with Crippen molar-refractivity contribution in [3.05, 3.63) is 28.2 Å². The van der Waals surface area contributed by atoms with E-state index in [1.54, 1.807) is 6.07 Å². The lowest BCUT2D eigenvalue weighted by Crippen LogP contribution is -2.21. The van der Waals surface area contributed by atoms with Crippen molar-refractivity contribution in [3.8, 4) is 0 Å². The summed E-state index contributed by atoms with van der Waals surface area (Å²) >= 11 is 3.17. The molecule has 3 nitrogen and oxygen atoms in total. The number of pyridine rings is 1. The van der Waals surface area contributed by atoms with E-state index in [4.69, 9.17) is 5.84 Å². The lowest BCUT2D eigenvalue weighted by Gasteiger charge is -2.00. The Morgan fingerprint density at radius 1 is 1.73 bits per heavy atom. The van der Waals surface area contributed by atoms with Crippen molar-refractivity contribution in [2.75, 3.05) is 0 Å². The van der Waals surface area contributed by atoms with Crippen LogP contribution in [0.25, 0.3) is 0 Å². The first-order chi connectivity index (χ1) is 5.24. The molecule has 0 saturated heterocycles. The maximum Gasteiger partial charge on any atom is 0.217 e. The Kier molecular flexibility index (Phi) is 2.92. The Labute approximate surface area is 71.9 Å². The van der Waals surface area contributed by atoms with Gasteiger partial charge in [0.05, 0.1) is 0 Å². The molecule has 0 aliphatic carbocycles. The molecule has 0 amide bonds. The summed E-state index contributed by atoms with van der Waals surface area (Å²) in [6.07, 6.45) is 1.40. The van der Waals surface area contributed by atoms with Gasteiger partial charge in [-0.05, 0) is 22.0 Å². The van der Waals surface area contributed by atoms with Gasteiger partial charge in [-0.25, -0.2) is 4.98 Å². The third kappa shape index (κ3) is 2.21. The van der Waals surface area contributed by atoms with Gasteiger partial charge in [-0.3, -0.25) is 11.3 Å². The smallest absolute Gasteiger partial charge is 0.217 e. The highest BCUT2D eigenvalue weighted by Gasteiger charge is 2.01. The van der Waals surface area contributed by atoms with Gasteiger partial charge in [0.15, 0.2) is 0 Å². The van der Waals surface area contributed by atoms with Crippen molar-refractivity contribution in [2.24, 2.45) is 5.84 Å². The predicted molar refractivity (Wildman–Crippen MR) is 42.9 cm³/mol. The molecule has 0 aliphatic rings. The van der Waals surface area contributed by atoms with Crippen LogP contribution in [-0.4, -0.2) is 4.98 Å². The Balaban J connectivity index is 2.93. The largest absolute Gasteiger partial charge is 0.271 e. The van der Waals surface area contributed by atoms with Gasteiger partial charge >= 0.3 is 0 Å². The summed E-state index contributed by atoms with van der Waals surface area (Å²) < 4.78 is 13.5. The van der Waals surface area contributed by atoms with Crippen molar-refractivity contribution in [2.45, 2.75) is 6.54 Å². The second-order valence-electron chi connectivity index (χ2n) is 1.98. The van der Waals surface area contributed by atoms with Gasteiger partial charge in [0.2, 0.25) is 5.95 Å². The second kappa shape index (κ2) is 3.75. The summed E-state index contributed by atoms with van der Waals surface area (Å²) in [5.41, 5.74) is 2.80. The van der Waals surface area contributed by atoms with Crippen LogP contribution in [0.15, 0.2) is 16.7 Å². The van der Waals surface area contributed by atoms with Crippen LogP contribution < -0.4 is 11.3 Å². The topological polar surface area (TPSA) is 50.9 Å². The van der Waals surface area contributed by atoms with Crippen molar-refractivity contribution < 1.29 is 4.39 Å². The van der Waals surface area contributed by atoms with Gasteiger partial charge in [-0.2, -0.15) is 4.39 Å². The zero-order valence-electron chi connectivity index (χ0n) is 5.64. The fourth-order valence-electron chi connectivity index (χ4n) is 0.698. The van der Waals surface area contributed by atoms with E-state index in [0.29, 0.717) is 5.56 Å². The quantitative estimate of drug-likeness (QED) is 0.443. The average Bonchev–Trinajstić information content (AvgIpc) is 1.98. The summed E-state index contributed by atoms with van der Waals surface area (Å²) in [5.74, 6) is 4.53. The molecule has 5 heteroatoms. The molecule has 0 spiro atoms. The molecule has 60 valence electrons. The van der Waals surface area contributed by atoms with Crippen LogP contribution in [0.5, 0.6) is 0 Å². The van der Waals surface area contributed by atoms with E-state index < -0.39 is 5.95 Å². The zero-order chi connectivity index (χ0) is 8.27. The molecule has 0 unspecified atom stereocenters. The molecule has 0 saturated carbocycles. The molecule has 11 heavy (non-hydrogen) atoms. The highest BCUT2D eigenvalue weighted by Crippen LogP contribution is 2.12. The Hall–Kier alpha value is -0.520. The third-order valence-corrected chi connectivity index (χ3v) is 1.60. The van der Waals surface area contributed by atoms with Crippen LogP contribution in [-0.2, 0) is 6.54 Å². The van der Waals surface area contributed by atoms with Gasteiger partial charge in [-0.1, -0.05) is 0 Å². The molecule has 0 radical (unpaired) electrons. The van der Waals surface area contributed by atoms with Crippen LogP contribution in [0.3, 0.4) is 0 Å². The second-order valence-corrected chi connectivity index (χ2v) is 2.90. The van der Waals surface area contributed by atoms with E-state index in [1.165, 1.54) is 6.20 Å². The molecule has 0 bridgehead atoms. The van der Waals surface area contributed by atoms with E-state index in [0.717, 1.165) is 4.47 Å². The van der Waals surface area contributed by atoms with Gasteiger partial charge < -0.3 is 0 Å². The number of rotatable bonds is 2. The van der Waals surface area contributed by atoms with Crippen molar-refractivity contribution in [1.82, 2.24) is 10.4 Å². The van der Waals surface area contributed by atoms with E-state index in [-0.39, 0.29) is 6.54 Å². The van der Waals surface area contributed by atoms with Crippen molar-refractivity contribution in [1.29, 1.82) is 0 Å². The van der Waals surface area contributed by atoms with E-state index in [1.807, 2.05) is 0 Å². The average molecular weight is 220 g/mol. The number of hydrogen-bond acceptors (Lipinski definition) is 3. The molecule has 0 aliphatic heterocycles. The standard InChI is InChI=1S/C6H7BrFN3/c7-5-1-4(2-11-9)6(8)10-3-5/h1,3,11H,2,9H2. The van der Waals surface area contributed by atoms with Gasteiger partial charge in [0, 0.05) is 22.8 Å². The van der Waals surface area contributed by atoms with E-state index >= 15 is 0 Å². The Morgan fingerprint density at radius 2 is 2.45 bits per heavy atom. The number of halogens is 2. The molecule has 0 fully saturated rings. The minimum Gasteiger partial charge on any atom is -0.271 e. The monoisotopic (exact) mass is 219 g/mol. The first-order valence-electron chi connectivity index (χ1n) is 2.97. The number of nitrogens with two attached hydrogens (primary N) is 1. The normalized spacial score (nSPS) is 10.1. The zero-order valence-corrected chi connectivity index (χ0v) is 7.23. The molecule has 1 rings (SSSR count). The van der Waals surface area contributed by atoms with E-state index in [9.17, 15) is 4.39 Å². The lowest BCUT2D eigenvalue weighted by molar-refractivity contribution is 0.554. The van der Waals surface area contributed by atoms with Crippen LogP contribution in [0.2, 0.25) is 0 Å². The third-order valence-electron chi connectivity index (χ3n) is 1.17. The number of aromatic nitrogens is 1. The number of hydrogen-bond donors (Lipinski definition) is 2.